The Labute approximate surface area is 99.4 Å². The van der Waals surface area contributed by atoms with Gasteiger partial charge in [-0.05, 0) is 46.0 Å². The largest absolute Gasteiger partial charge is 0.353 e. The number of rotatable bonds is 5. The van der Waals surface area contributed by atoms with Crippen LogP contribution in [0, 0.1) is 5.92 Å². The standard InChI is InChI=1S/C13H26N2O/c1-5-11-6-7-12(8-11)15-10(4)13(16)14-9(2)3/h9-12,15H,5-8H2,1-4H3,(H,14,16). The van der Waals surface area contributed by atoms with Crippen LogP contribution in [0.25, 0.3) is 0 Å². The van der Waals surface area contributed by atoms with E-state index in [-0.39, 0.29) is 18.0 Å². The third-order valence-electron chi connectivity index (χ3n) is 3.43. The first-order valence-corrected chi connectivity index (χ1v) is 6.59. The van der Waals surface area contributed by atoms with Gasteiger partial charge in [-0.1, -0.05) is 13.3 Å². The second-order valence-corrected chi connectivity index (χ2v) is 5.34. The van der Waals surface area contributed by atoms with Crippen molar-refractivity contribution in [2.75, 3.05) is 0 Å². The summed E-state index contributed by atoms with van der Waals surface area (Å²) < 4.78 is 0. The first kappa shape index (κ1) is 13.5. The van der Waals surface area contributed by atoms with Gasteiger partial charge in [-0.3, -0.25) is 4.79 Å². The van der Waals surface area contributed by atoms with Gasteiger partial charge in [-0.2, -0.15) is 0 Å². The van der Waals surface area contributed by atoms with E-state index < -0.39 is 0 Å². The summed E-state index contributed by atoms with van der Waals surface area (Å²) in [6.45, 7) is 8.19. The van der Waals surface area contributed by atoms with E-state index >= 15 is 0 Å². The van der Waals surface area contributed by atoms with E-state index in [9.17, 15) is 4.79 Å². The summed E-state index contributed by atoms with van der Waals surface area (Å²) in [5.74, 6) is 0.979. The number of carbonyl (C=O) groups is 1. The highest BCUT2D eigenvalue weighted by molar-refractivity contribution is 5.81. The highest BCUT2D eigenvalue weighted by Gasteiger charge is 2.26. The minimum Gasteiger partial charge on any atom is -0.353 e. The molecule has 16 heavy (non-hydrogen) atoms. The summed E-state index contributed by atoms with van der Waals surface area (Å²) in [5, 5.41) is 6.38. The van der Waals surface area contributed by atoms with Crippen LogP contribution in [-0.2, 0) is 4.79 Å². The summed E-state index contributed by atoms with van der Waals surface area (Å²) >= 11 is 0. The molecule has 1 amide bonds. The molecule has 3 heteroatoms. The molecule has 0 saturated heterocycles. The average molecular weight is 226 g/mol. The van der Waals surface area contributed by atoms with E-state index in [1.54, 1.807) is 0 Å². The van der Waals surface area contributed by atoms with Crippen molar-refractivity contribution in [1.29, 1.82) is 0 Å². The third-order valence-corrected chi connectivity index (χ3v) is 3.43. The fraction of sp³-hybridized carbons (Fsp3) is 0.923. The second-order valence-electron chi connectivity index (χ2n) is 5.34. The molecule has 0 heterocycles. The molecule has 1 rings (SSSR count). The van der Waals surface area contributed by atoms with E-state index in [0.29, 0.717) is 6.04 Å². The van der Waals surface area contributed by atoms with Crippen LogP contribution in [0.2, 0.25) is 0 Å². The van der Waals surface area contributed by atoms with Crippen molar-refractivity contribution < 1.29 is 4.79 Å². The molecular weight excluding hydrogens is 200 g/mol. The Bertz CT molecular complexity index is 228. The van der Waals surface area contributed by atoms with Crippen molar-refractivity contribution in [3.63, 3.8) is 0 Å². The number of hydrogen-bond donors (Lipinski definition) is 2. The topological polar surface area (TPSA) is 41.1 Å². The molecule has 3 unspecified atom stereocenters. The first-order chi connectivity index (χ1) is 7.52. The van der Waals surface area contributed by atoms with Gasteiger partial charge < -0.3 is 10.6 Å². The van der Waals surface area contributed by atoms with Crippen LogP contribution in [0.5, 0.6) is 0 Å². The minimum atomic E-state index is -0.0667. The van der Waals surface area contributed by atoms with Gasteiger partial charge in [0.2, 0.25) is 5.91 Å². The highest BCUT2D eigenvalue weighted by atomic mass is 16.2. The molecule has 94 valence electrons. The Morgan fingerprint density at radius 2 is 2.00 bits per heavy atom. The summed E-state index contributed by atoms with van der Waals surface area (Å²) in [6, 6.07) is 0.699. The smallest absolute Gasteiger partial charge is 0.237 e. The van der Waals surface area contributed by atoms with Gasteiger partial charge in [0.25, 0.3) is 0 Å². The summed E-state index contributed by atoms with van der Waals surface area (Å²) in [7, 11) is 0. The molecule has 0 aromatic heterocycles. The van der Waals surface area contributed by atoms with Gasteiger partial charge in [-0.25, -0.2) is 0 Å². The maximum absolute atomic E-state index is 11.7. The Morgan fingerprint density at radius 1 is 1.31 bits per heavy atom. The molecule has 0 aliphatic heterocycles. The lowest BCUT2D eigenvalue weighted by molar-refractivity contribution is -0.123. The van der Waals surface area contributed by atoms with E-state index in [0.717, 1.165) is 5.92 Å². The predicted molar refractivity (Wildman–Crippen MR) is 67.3 cm³/mol. The maximum atomic E-state index is 11.7. The number of carbonyl (C=O) groups excluding carboxylic acids is 1. The molecule has 3 nitrogen and oxygen atoms in total. The van der Waals surface area contributed by atoms with Crippen molar-refractivity contribution >= 4 is 5.91 Å². The molecule has 1 aliphatic rings. The predicted octanol–water partition coefficient (Wildman–Crippen LogP) is 2.07. The Balaban J connectivity index is 2.29. The Kier molecular flexibility index (Phi) is 5.26. The Hall–Kier alpha value is -0.570. The lowest BCUT2D eigenvalue weighted by atomic mass is 10.1. The van der Waals surface area contributed by atoms with Crippen LogP contribution in [0.1, 0.15) is 53.4 Å². The van der Waals surface area contributed by atoms with Crippen molar-refractivity contribution in [2.24, 2.45) is 5.92 Å². The van der Waals surface area contributed by atoms with E-state index in [2.05, 4.69) is 17.6 Å². The maximum Gasteiger partial charge on any atom is 0.237 e. The molecule has 0 spiro atoms. The van der Waals surface area contributed by atoms with Crippen LogP contribution in [-0.4, -0.2) is 24.0 Å². The highest BCUT2D eigenvalue weighted by Crippen LogP contribution is 2.27. The van der Waals surface area contributed by atoms with Gasteiger partial charge in [0.1, 0.15) is 0 Å². The zero-order valence-corrected chi connectivity index (χ0v) is 11.0. The van der Waals surface area contributed by atoms with E-state index in [1.165, 1.54) is 25.7 Å². The monoisotopic (exact) mass is 226 g/mol. The zero-order valence-electron chi connectivity index (χ0n) is 11.0. The number of amides is 1. The molecule has 1 fully saturated rings. The van der Waals surface area contributed by atoms with Gasteiger partial charge >= 0.3 is 0 Å². The van der Waals surface area contributed by atoms with Crippen molar-refractivity contribution in [1.82, 2.24) is 10.6 Å². The van der Waals surface area contributed by atoms with Crippen LogP contribution in [0.15, 0.2) is 0 Å². The van der Waals surface area contributed by atoms with Gasteiger partial charge in [-0.15, -0.1) is 0 Å². The fourth-order valence-electron chi connectivity index (χ4n) is 2.44. The average Bonchev–Trinajstić information content (AvgIpc) is 2.64. The van der Waals surface area contributed by atoms with Crippen molar-refractivity contribution in [2.45, 2.75) is 71.5 Å². The normalized spacial score (nSPS) is 27.1. The molecule has 1 saturated carbocycles. The molecular formula is C13H26N2O. The molecule has 0 aromatic rings. The quantitative estimate of drug-likeness (QED) is 0.753. The second kappa shape index (κ2) is 6.24. The van der Waals surface area contributed by atoms with E-state index in [4.69, 9.17) is 0 Å². The molecule has 2 N–H and O–H groups in total. The number of nitrogens with one attached hydrogen (secondary N) is 2. The summed E-state index contributed by atoms with van der Waals surface area (Å²) in [5.41, 5.74) is 0. The first-order valence-electron chi connectivity index (χ1n) is 6.59. The zero-order chi connectivity index (χ0) is 12.1. The van der Waals surface area contributed by atoms with Gasteiger partial charge in [0.05, 0.1) is 6.04 Å². The molecule has 1 aliphatic carbocycles. The third kappa shape index (κ3) is 4.12. The van der Waals surface area contributed by atoms with Gasteiger partial charge in [0.15, 0.2) is 0 Å². The lowest BCUT2D eigenvalue weighted by Crippen LogP contribution is -2.47. The summed E-state index contributed by atoms with van der Waals surface area (Å²) in [4.78, 5) is 11.7. The summed E-state index contributed by atoms with van der Waals surface area (Å²) in [6.07, 6.45) is 5.03. The fourth-order valence-corrected chi connectivity index (χ4v) is 2.44. The van der Waals surface area contributed by atoms with E-state index in [1.807, 2.05) is 20.8 Å². The molecule has 0 radical (unpaired) electrons. The molecule has 0 bridgehead atoms. The van der Waals surface area contributed by atoms with Crippen molar-refractivity contribution in [3.8, 4) is 0 Å². The lowest BCUT2D eigenvalue weighted by Gasteiger charge is -2.20. The van der Waals surface area contributed by atoms with Crippen molar-refractivity contribution in [3.05, 3.63) is 0 Å². The van der Waals surface area contributed by atoms with Crippen LogP contribution in [0.3, 0.4) is 0 Å². The van der Waals surface area contributed by atoms with Gasteiger partial charge in [0, 0.05) is 12.1 Å². The van der Waals surface area contributed by atoms with Crippen LogP contribution >= 0.6 is 0 Å². The minimum absolute atomic E-state index is 0.0667. The molecule has 0 aromatic carbocycles. The number of hydrogen-bond acceptors (Lipinski definition) is 2. The SMILES string of the molecule is CCC1CCC(NC(C)C(=O)NC(C)C)C1. The Morgan fingerprint density at radius 3 is 2.50 bits per heavy atom. The van der Waals surface area contributed by atoms with Crippen LogP contribution in [0.4, 0.5) is 0 Å². The molecule has 3 atom stereocenters. The van der Waals surface area contributed by atoms with Crippen LogP contribution < -0.4 is 10.6 Å².